The zero-order chi connectivity index (χ0) is 16.4. The minimum absolute atomic E-state index is 0. The summed E-state index contributed by atoms with van der Waals surface area (Å²) in [7, 11) is -4.21. The van der Waals surface area contributed by atoms with E-state index in [1.54, 1.807) is 0 Å². The number of nitro groups is 1. The van der Waals surface area contributed by atoms with Crippen molar-refractivity contribution in [3.8, 4) is 0 Å². The molecule has 130 valence electrons. The Morgan fingerprint density at radius 1 is 1.30 bits per heavy atom. The normalized spacial score (nSPS) is 17.3. The third kappa shape index (κ3) is 4.60. The van der Waals surface area contributed by atoms with Crippen molar-refractivity contribution in [1.82, 2.24) is 4.72 Å². The summed E-state index contributed by atoms with van der Waals surface area (Å²) < 4.78 is 40.3. The van der Waals surface area contributed by atoms with Crippen molar-refractivity contribution in [2.24, 2.45) is 5.73 Å². The van der Waals surface area contributed by atoms with Crippen LogP contribution in [0.1, 0.15) is 32.1 Å². The quantitative estimate of drug-likeness (QED) is 0.610. The van der Waals surface area contributed by atoms with Gasteiger partial charge in [-0.2, -0.15) is 4.39 Å². The van der Waals surface area contributed by atoms with Crippen molar-refractivity contribution in [2.45, 2.75) is 42.5 Å². The predicted molar refractivity (Wildman–Crippen MR) is 85.5 cm³/mol. The summed E-state index contributed by atoms with van der Waals surface area (Å²) in [4.78, 5) is 9.18. The molecule has 0 spiro atoms. The lowest BCUT2D eigenvalue weighted by molar-refractivity contribution is -0.390. The number of sulfonamides is 1. The molecule has 0 saturated heterocycles. The molecular weight excluding hydrogens is 349 g/mol. The average molecular weight is 368 g/mol. The van der Waals surface area contributed by atoms with E-state index in [9.17, 15) is 22.9 Å². The van der Waals surface area contributed by atoms with Crippen LogP contribution in [-0.4, -0.2) is 25.4 Å². The van der Waals surface area contributed by atoms with E-state index in [0.717, 1.165) is 37.5 Å². The molecule has 0 atom stereocenters. The van der Waals surface area contributed by atoms with E-state index >= 15 is 0 Å². The molecule has 0 heterocycles. The van der Waals surface area contributed by atoms with E-state index in [4.69, 9.17) is 5.73 Å². The molecule has 0 amide bonds. The minimum Gasteiger partial charge on any atom is -0.324 e. The monoisotopic (exact) mass is 367 g/mol. The van der Waals surface area contributed by atoms with E-state index in [1.807, 2.05) is 0 Å². The van der Waals surface area contributed by atoms with Crippen LogP contribution in [0.5, 0.6) is 0 Å². The zero-order valence-electron chi connectivity index (χ0n) is 12.3. The summed E-state index contributed by atoms with van der Waals surface area (Å²) in [5.74, 6) is -1.19. The molecule has 10 heteroatoms. The van der Waals surface area contributed by atoms with Gasteiger partial charge < -0.3 is 5.73 Å². The van der Waals surface area contributed by atoms with Crippen LogP contribution >= 0.6 is 12.4 Å². The maximum Gasteiger partial charge on any atom is 0.324 e. The van der Waals surface area contributed by atoms with Crippen molar-refractivity contribution in [2.75, 3.05) is 6.54 Å². The summed E-state index contributed by atoms with van der Waals surface area (Å²) in [5.41, 5.74) is 4.43. The van der Waals surface area contributed by atoms with Gasteiger partial charge in [-0.25, -0.2) is 13.1 Å². The van der Waals surface area contributed by atoms with Gasteiger partial charge >= 0.3 is 5.69 Å². The fourth-order valence-corrected chi connectivity index (χ4v) is 3.96. The van der Waals surface area contributed by atoms with Gasteiger partial charge in [0.15, 0.2) is 4.90 Å². The van der Waals surface area contributed by atoms with Gasteiger partial charge in [-0.15, -0.1) is 12.4 Å². The van der Waals surface area contributed by atoms with Crippen LogP contribution < -0.4 is 10.5 Å². The van der Waals surface area contributed by atoms with E-state index in [-0.39, 0.29) is 19.0 Å². The number of rotatable bonds is 5. The van der Waals surface area contributed by atoms with Gasteiger partial charge in [-0.05, 0) is 25.0 Å². The number of nitro benzene ring substituents is 1. The first-order chi connectivity index (χ1) is 10.3. The highest BCUT2D eigenvalue weighted by Crippen LogP contribution is 2.28. The number of halogens is 2. The van der Waals surface area contributed by atoms with Crippen LogP contribution in [0, 0.1) is 15.9 Å². The Labute approximate surface area is 140 Å². The van der Waals surface area contributed by atoms with Gasteiger partial charge in [0.05, 0.1) is 4.92 Å². The Kier molecular flexibility index (Phi) is 6.46. The number of para-hydroxylation sites is 1. The molecule has 2 rings (SSSR count). The van der Waals surface area contributed by atoms with Gasteiger partial charge in [-0.1, -0.05) is 25.3 Å². The number of hydrogen-bond acceptors (Lipinski definition) is 5. The molecule has 1 aliphatic carbocycles. The van der Waals surface area contributed by atoms with E-state index in [2.05, 4.69) is 4.72 Å². The van der Waals surface area contributed by atoms with Gasteiger partial charge in [0, 0.05) is 12.1 Å². The van der Waals surface area contributed by atoms with Crippen LogP contribution in [0.2, 0.25) is 0 Å². The summed E-state index contributed by atoms with van der Waals surface area (Å²) in [6.07, 6.45) is 4.25. The minimum atomic E-state index is -4.21. The van der Waals surface area contributed by atoms with E-state index in [1.165, 1.54) is 0 Å². The number of nitrogens with zero attached hydrogens (tertiary/aromatic N) is 1. The summed E-state index contributed by atoms with van der Waals surface area (Å²) in [6, 6.07) is 2.98. The lowest BCUT2D eigenvalue weighted by Crippen LogP contribution is -2.51. The molecule has 1 fully saturated rings. The van der Waals surface area contributed by atoms with Crippen LogP contribution in [0.15, 0.2) is 23.1 Å². The standard InChI is InChI=1S/C13H18FN3O4S.ClH/c14-10-5-4-6-11(12(10)17(18)19)22(20,21)16-9-13(15)7-2-1-3-8-13;/h4-6,16H,1-3,7-9,15H2;1H. The van der Waals surface area contributed by atoms with Crippen molar-refractivity contribution in [1.29, 1.82) is 0 Å². The molecule has 1 aromatic carbocycles. The number of benzene rings is 1. The SMILES string of the molecule is Cl.NC1(CNS(=O)(=O)c2cccc(F)c2[N+](=O)[O-])CCCCC1. The van der Waals surface area contributed by atoms with E-state index in [0.29, 0.717) is 12.8 Å². The zero-order valence-corrected chi connectivity index (χ0v) is 14.0. The highest BCUT2D eigenvalue weighted by molar-refractivity contribution is 7.89. The van der Waals surface area contributed by atoms with Gasteiger partial charge in [0.1, 0.15) is 0 Å². The maximum atomic E-state index is 13.5. The second-order valence-corrected chi connectivity index (χ2v) is 7.33. The second-order valence-electron chi connectivity index (χ2n) is 5.59. The number of hydrogen-bond donors (Lipinski definition) is 2. The van der Waals surface area contributed by atoms with Crippen LogP contribution in [0.3, 0.4) is 0 Å². The molecule has 1 saturated carbocycles. The Morgan fingerprint density at radius 2 is 1.91 bits per heavy atom. The molecule has 3 N–H and O–H groups in total. The van der Waals surface area contributed by atoms with Crippen molar-refractivity contribution >= 4 is 28.1 Å². The molecule has 0 aromatic heterocycles. The fourth-order valence-electron chi connectivity index (χ4n) is 2.64. The summed E-state index contributed by atoms with van der Waals surface area (Å²) in [6.45, 7) is -0.0248. The molecular formula is C13H19ClFN3O4S. The largest absolute Gasteiger partial charge is 0.324 e. The molecule has 0 aliphatic heterocycles. The summed E-state index contributed by atoms with van der Waals surface area (Å²) in [5, 5.41) is 10.9. The summed E-state index contributed by atoms with van der Waals surface area (Å²) >= 11 is 0. The topological polar surface area (TPSA) is 115 Å². The van der Waals surface area contributed by atoms with Crippen molar-refractivity contribution in [3.63, 3.8) is 0 Å². The molecule has 23 heavy (non-hydrogen) atoms. The highest BCUT2D eigenvalue weighted by Gasteiger charge is 2.33. The molecule has 1 aliphatic rings. The van der Waals surface area contributed by atoms with Crippen molar-refractivity contribution in [3.05, 3.63) is 34.1 Å². The van der Waals surface area contributed by atoms with Gasteiger partial charge in [0.2, 0.25) is 15.8 Å². The second kappa shape index (κ2) is 7.52. The first-order valence-electron chi connectivity index (χ1n) is 6.97. The molecule has 0 radical (unpaired) electrons. The Hall–Kier alpha value is -1.29. The first kappa shape index (κ1) is 19.8. The smallest absolute Gasteiger partial charge is 0.324 e. The predicted octanol–water partition coefficient (Wildman–Crippen LogP) is 2.10. The molecule has 0 unspecified atom stereocenters. The highest BCUT2D eigenvalue weighted by atomic mass is 35.5. The maximum absolute atomic E-state index is 13.5. The van der Waals surface area contributed by atoms with Gasteiger partial charge in [-0.3, -0.25) is 10.1 Å². The average Bonchev–Trinajstić information content (AvgIpc) is 2.45. The third-order valence-corrected chi connectivity index (χ3v) is 5.32. The number of nitrogens with two attached hydrogens (primary N) is 1. The Bertz CT molecular complexity index is 678. The van der Waals surface area contributed by atoms with Gasteiger partial charge in [0.25, 0.3) is 0 Å². The van der Waals surface area contributed by atoms with Crippen LogP contribution in [0.25, 0.3) is 0 Å². The van der Waals surface area contributed by atoms with Crippen LogP contribution in [-0.2, 0) is 10.0 Å². The van der Waals surface area contributed by atoms with Crippen LogP contribution in [0.4, 0.5) is 10.1 Å². The Balaban J connectivity index is 0.00000264. The fraction of sp³-hybridized carbons (Fsp3) is 0.538. The third-order valence-electron chi connectivity index (χ3n) is 3.89. The van der Waals surface area contributed by atoms with E-state index < -0.39 is 36.9 Å². The van der Waals surface area contributed by atoms with Crippen molar-refractivity contribution < 1.29 is 17.7 Å². The Morgan fingerprint density at radius 3 is 2.48 bits per heavy atom. The molecule has 0 bridgehead atoms. The lowest BCUT2D eigenvalue weighted by atomic mass is 9.83. The number of nitrogens with one attached hydrogen (secondary N) is 1. The first-order valence-corrected chi connectivity index (χ1v) is 8.45. The molecule has 1 aromatic rings. The molecule has 7 nitrogen and oxygen atoms in total. The lowest BCUT2D eigenvalue weighted by Gasteiger charge is -2.33.